The second kappa shape index (κ2) is 11.1. The fraction of sp³-hybridized carbons (Fsp3) is 0.258. The highest BCUT2D eigenvalue weighted by Crippen LogP contribution is 2.32. The fourth-order valence-electron chi connectivity index (χ4n) is 4.59. The number of ether oxygens (including phenoxy) is 1. The van der Waals surface area contributed by atoms with Crippen molar-refractivity contribution in [2.75, 3.05) is 12.0 Å². The number of pyridine rings is 1. The predicted molar refractivity (Wildman–Crippen MR) is 155 cm³/mol. The number of rotatable bonds is 9. The molecule has 0 saturated heterocycles. The molecule has 2 heterocycles. The van der Waals surface area contributed by atoms with Crippen LogP contribution in [0.1, 0.15) is 38.8 Å². The van der Waals surface area contributed by atoms with Crippen molar-refractivity contribution in [2.24, 2.45) is 0 Å². The molecule has 0 fully saturated rings. The van der Waals surface area contributed by atoms with E-state index in [-0.39, 0.29) is 18.4 Å². The lowest BCUT2D eigenvalue weighted by molar-refractivity contribution is -0.128. The molecule has 2 aromatic heterocycles. The summed E-state index contributed by atoms with van der Waals surface area (Å²) < 4.78 is 6.91. The van der Waals surface area contributed by atoms with E-state index in [9.17, 15) is 9.59 Å². The molecule has 0 radical (unpaired) electrons. The molecule has 9 heteroatoms. The second-order valence-electron chi connectivity index (χ2n) is 10.3. The number of methoxy groups -OCH3 is 1. The molecule has 2 amide bonds. The van der Waals surface area contributed by atoms with E-state index in [0.717, 1.165) is 16.4 Å². The van der Waals surface area contributed by atoms with Gasteiger partial charge < -0.3 is 10.1 Å². The molecule has 0 aliphatic rings. The average molecular weight is 537 g/mol. The van der Waals surface area contributed by atoms with Crippen LogP contribution in [0.3, 0.4) is 0 Å². The standard InChI is InChI=1S/C31H32N6O3/c1-5-31(2,3)33-30(39)29(22-12-17-25-21(19-22)9-8-18-32-25)37(23-13-15-24(40-4)16-14-23)28(38)20-36-27-11-7-6-10-26(27)34-35-36/h6-19,29H,5,20H2,1-4H3,(H,33,39)/t29-/m1/s1. The minimum absolute atomic E-state index is 0.109. The van der Waals surface area contributed by atoms with Crippen molar-refractivity contribution in [3.8, 4) is 5.75 Å². The van der Waals surface area contributed by atoms with Gasteiger partial charge in [-0.25, -0.2) is 4.68 Å². The number of nitrogens with one attached hydrogen (secondary N) is 1. The highest BCUT2D eigenvalue weighted by Gasteiger charge is 2.35. The van der Waals surface area contributed by atoms with Gasteiger partial charge in [-0.05, 0) is 80.4 Å². The van der Waals surface area contributed by atoms with Gasteiger partial charge in [0.15, 0.2) is 0 Å². The van der Waals surface area contributed by atoms with E-state index in [1.54, 1.807) is 42.3 Å². The Morgan fingerprint density at radius 1 is 1.00 bits per heavy atom. The molecular weight excluding hydrogens is 504 g/mol. The number of amides is 2. The third-order valence-corrected chi connectivity index (χ3v) is 7.12. The number of anilines is 1. The average Bonchev–Trinajstić information content (AvgIpc) is 3.38. The van der Waals surface area contributed by atoms with E-state index in [4.69, 9.17) is 4.74 Å². The Kier molecular flexibility index (Phi) is 7.46. The second-order valence-corrected chi connectivity index (χ2v) is 10.3. The first-order chi connectivity index (χ1) is 19.3. The quantitative estimate of drug-likeness (QED) is 0.282. The molecule has 0 bridgehead atoms. The Bertz CT molecular complexity index is 1660. The van der Waals surface area contributed by atoms with Crippen LogP contribution in [0.2, 0.25) is 0 Å². The Hall–Kier alpha value is -4.79. The number of hydrogen-bond acceptors (Lipinski definition) is 6. The largest absolute Gasteiger partial charge is 0.497 e. The number of carbonyl (C=O) groups excluding carboxylic acids is 2. The molecule has 9 nitrogen and oxygen atoms in total. The number of carbonyl (C=O) groups is 2. The van der Waals surface area contributed by atoms with Crippen molar-refractivity contribution in [3.63, 3.8) is 0 Å². The van der Waals surface area contributed by atoms with Crippen LogP contribution < -0.4 is 15.0 Å². The number of fused-ring (bicyclic) bond motifs is 2. The van der Waals surface area contributed by atoms with Crippen molar-refractivity contribution in [1.29, 1.82) is 0 Å². The fourth-order valence-corrected chi connectivity index (χ4v) is 4.59. The summed E-state index contributed by atoms with van der Waals surface area (Å²) in [6.07, 6.45) is 2.44. The maximum absolute atomic E-state index is 14.2. The summed E-state index contributed by atoms with van der Waals surface area (Å²) in [4.78, 5) is 34.3. The maximum Gasteiger partial charge on any atom is 0.249 e. The Balaban J connectivity index is 1.64. The van der Waals surface area contributed by atoms with Crippen LogP contribution in [0.4, 0.5) is 5.69 Å². The van der Waals surface area contributed by atoms with Gasteiger partial charge in [0.1, 0.15) is 23.9 Å². The topological polar surface area (TPSA) is 102 Å². The van der Waals surface area contributed by atoms with Crippen molar-refractivity contribution in [3.05, 3.63) is 90.6 Å². The molecule has 204 valence electrons. The smallest absolute Gasteiger partial charge is 0.249 e. The lowest BCUT2D eigenvalue weighted by Crippen LogP contribution is -2.51. The van der Waals surface area contributed by atoms with Crippen molar-refractivity contribution < 1.29 is 14.3 Å². The van der Waals surface area contributed by atoms with Gasteiger partial charge in [-0.2, -0.15) is 0 Å². The predicted octanol–water partition coefficient (Wildman–Crippen LogP) is 5.07. The van der Waals surface area contributed by atoms with E-state index >= 15 is 0 Å². The van der Waals surface area contributed by atoms with Crippen LogP contribution in [0, 0.1) is 0 Å². The van der Waals surface area contributed by atoms with Gasteiger partial charge in [-0.15, -0.1) is 5.10 Å². The Morgan fingerprint density at radius 3 is 2.52 bits per heavy atom. The minimum atomic E-state index is -0.967. The highest BCUT2D eigenvalue weighted by atomic mass is 16.5. The van der Waals surface area contributed by atoms with Crippen LogP contribution >= 0.6 is 0 Å². The van der Waals surface area contributed by atoms with Crippen molar-refractivity contribution in [2.45, 2.75) is 45.3 Å². The van der Waals surface area contributed by atoms with E-state index in [1.807, 2.05) is 75.4 Å². The van der Waals surface area contributed by atoms with Gasteiger partial charge in [0, 0.05) is 22.8 Å². The number of nitrogens with zero attached hydrogens (tertiary/aromatic N) is 5. The maximum atomic E-state index is 14.2. The SMILES string of the molecule is CCC(C)(C)NC(=O)[C@@H](c1ccc2ncccc2c1)N(C(=O)Cn1nnc2ccccc21)c1ccc(OC)cc1. The van der Waals surface area contributed by atoms with Gasteiger partial charge in [0.05, 0.1) is 18.1 Å². The number of para-hydroxylation sites is 1. The number of hydrogen-bond donors (Lipinski definition) is 1. The Labute approximate surface area is 232 Å². The van der Waals surface area contributed by atoms with Crippen LogP contribution in [0.25, 0.3) is 21.9 Å². The van der Waals surface area contributed by atoms with E-state index in [0.29, 0.717) is 28.9 Å². The first-order valence-corrected chi connectivity index (χ1v) is 13.2. The molecule has 1 atom stereocenters. The third-order valence-electron chi connectivity index (χ3n) is 7.12. The summed E-state index contributed by atoms with van der Waals surface area (Å²) in [6, 6.07) is 23.0. The molecule has 0 spiro atoms. The van der Waals surface area contributed by atoms with Gasteiger partial charge >= 0.3 is 0 Å². The third kappa shape index (κ3) is 5.49. The monoisotopic (exact) mass is 536 g/mol. The first kappa shape index (κ1) is 26.8. The van der Waals surface area contributed by atoms with E-state index in [2.05, 4.69) is 20.6 Å². The summed E-state index contributed by atoms with van der Waals surface area (Å²) >= 11 is 0. The summed E-state index contributed by atoms with van der Waals surface area (Å²) in [5.41, 5.74) is 2.96. The van der Waals surface area contributed by atoms with E-state index < -0.39 is 11.6 Å². The molecule has 5 rings (SSSR count). The lowest BCUT2D eigenvalue weighted by Gasteiger charge is -2.34. The number of benzene rings is 3. The summed E-state index contributed by atoms with van der Waals surface area (Å²) in [5, 5.41) is 12.5. The number of aromatic nitrogens is 4. The molecular formula is C31H32N6O3. The molecule has 0 aliphatic carbocycles. The highest BCUT2D eigenvalue weighted by molar-refractivity contribution is 6.02. The molecule has 1 N–H and O–H groups in total. The van der Waals surface area contributed by atoms with Crippen LogP contribution in [0.15, 0.2) is 85.1 Å². The van der Waals surface area contributed by atoms with Gasteiger partial charge in [-0.3, -0.25) is 19.5 Å². The summed E-state index contributed by atoms with van der Waals surface area (Å²) in [7, 11) is 1.58. The molecule has 0 unspecified atom stereocenters. The van der Waals surface area contributed by atoms with Crippen LogP contribution in [-0.4, -0.2) is 44.4 Å². The van der Waals surface area contributed by atoms with Crippen LogP contribution in [0.5, 0.6) is 5.75 Å². The van der Waals surface area contributed by atoms with E-state index in [1.165, 1.54) is 4.90 Å². The molecule has 0 aliphatic heterocycles. The minimum Gasteiger partial charge on any atom is -0.497 e. The summed E-state index contributed by atoms with van der Waals surface area (Å²) in [5.74, 6) is 0.0348. The normalized spacial score (nSPS) is 12.3. The van der Waals surface area contributed by atoms with Gasteiger partial charge in [0.25, 0.3) is 0 Å². The lowest BCUT2D eigenvalue weighted by atomic mass is 9.97. The molecule has 3 aromatic carbocycles. The summed E-state index contributed by atoms with van der Waals surface area (Å²) in [6.45, 7) is 5.84. The molecule has 5 aromatic rings. The van der Waals surface area contributed by atoms with Crippen LogP contribution in [-0.2, 0) is 16.1 Å². The molecule has 0 saturated carbocycles. The zero-order valence-corrected chi connectivity index (χ0v) is 23.0. The molecule has 40 heavy (non-hydrogen) atoms. The first-order valence-electron chi connectivity index (χ1n) is 13.2. The zero-order chi connectivity index (χ0) is 28.3. The van der Waals surface area contributed by atoms with Gasteiger partial charge in [-0.1, -0.05) is 36.4 Å². The Morgan fingerprint density at radius 2 is 1.77 bits per heavy atom. The van der Waals surface area contributed by atoms with Crippen molar-refractivity contribution >= 4 is 39.4 Å². The van der Waals surface area contributed by atoms with Gasteiger partial charge in [0.2, 0.25) is 11.8 Å². The zero-order valence-electron chi connectivity index (χ0n) is 23.0. The van der Waals surface area contributed by atoms with Crippen molar-refractivity contribution in [1.82, 2.24) is 25.3 Å².